The van der Waals surface area contributed by atoms with Crippen LogP contribution < -0.4 is 5.32 Å². The van der Waals surface area contributed by atoms with Crippen LogP contribution in [0.2, 0.25) is 0 Å². The zero-order valence-electron chi connectivity index (χ0n) is 14.7. The molecule has 138 valence electrons. The van der Waals surface area contributed by atoms with Crippen LogP contribution in [0.15, 0.2) is 18.2 Å². The van der Waals surface area contributed by atoms with Crippen LogP contribution in [-0.2, 0) is 32.0 Å². The number of thioether (sulfide) groups is 1. The number of ether oxygens (including phenoxy) is 1. The number of hydrogen-bond acceptors (Lipinski definition) is 5. The van der Waals surface area contributed by atoms with Crippen molar-refractivity contribution in [3.63, 3.8) is 0 Å². The lowest BCUT2D eigenvalue weighted by Gasteiger charge is -2.29. The first kappa shape index (κ1) is 17.4. The fourth-order valence-electron chi connectivity index (χ4n) is 4.07. The minimum atomic E-state index is -0.590. The molecule has 2 heterocycles. The molecule has 0 spiro atoms. The van der Waals surface area contributed by atoms with Gasteiger partial charge in [-0.3, -0.25) is 9.59 Å². The van der Waals surface area contributed by atoms with E-state index in [-0.39, 0.29) is 23.3 Å². The van der Waals surface area contributed by atoms with Gasteiger partial charge in [0.1, 0.15) is 6.04 Å². The zero-order valence-corrected chi connectivity index (χ0v) is 15.6. The van der Waals surface area contributed by atoms with Gasteiger partial charge in [0.25, 0.3) is 5.91 Å². The van der Waals surface area contributed by atoms with Crippen LogP contribution in [0.4, 0.5) is 5.69 Å². The van der Waals surface area contributed by atoms with Gasteiger partial charge in [-0.1, -0.05) is 6.07 Å². The van der Waals surface area contributed by atoms with Crippen molar-refractivity contribution in [2.75, 3.05) is 17.7 Å². The first-order valence-corrected chi connectivity index (χ1v) is 9.99. The maximum absolute atomic E-state index is 12.4. The molecule has 6 nitrogen and oxygen atoms in total. The van der Waals surface area contributed by atoms with Gasteiger partial charge in [-0.25, -0.2) is 4.79 Å². The Morgan fingerprint density at radius 3 is 2.96 bits per heavy atom. The molecule has 0 radical (unpaired) electrons. The lowest BCUT2D eigenvalue weighted by atomic mass is 10.1. The van der Waals surface area contributed by atoms with Crippen molar-refractivity contribution in [2.24, 2.45) is 0 Å². The summed E-state index contributed by atoms with van der Waals surface area (Å²) in [6.45, 7) is 1.65. The van der Waals surface area contributed by atoms with Crippen molar-refractivity contribution in [3.8, 4) is 0 Å². The number of aryl methyl sites for hydroxylation is 2. The second-order valence-electron chi connectivity index (χ2n) is 7.26. The number of anilines is 1. The number of carbonyl (C=O) groups is 3. The molecule has 2 saturated heterocycles. The van der Waals surface area contributed by atoms with Gasteiger partial charge in [-0.15, -0.1) is 11.8 Å². The molecule has 2 amide bonds. The van der Waals surface area contributed by atoms with Crippen LogP contribution in [0.3, 0.4) is 0 Å². The molecule has 4 rings (SSSR count). The average Bonchev–Trinajstić information content (AvgIpc) is 3.28. The number of fused-ring (bicyclic) bond motifs is 2. The topological polar surface area (TPSA) is 75.7 Å². The van der Waals surface area contributed by atoms with E-state index in [4.69, 9.17) is 4.74 Å². The fraction of sp³-hybridized carbons (Fsp3) is 0.526. The lowest BCUT2D eigenvalue weighted by molar-refractivity contribution is -0.155. The number of carbonyl (C=O) groups excluding carboxylic acids is 3. The third kappa shape index (κ3) is 3.09. The Balaban J connectivity index is 1.32. The molecule has 1 aromatic rings. The Morgan fingerprint density at radius 2 is 2.12 bits per heavy atom. The molecule has 2 atom stereocenters. The molecule has 1 N–H and O–H groups in total. The van der Waals surface area contributed by atoms with Gasteiger partial charge in [0.05, 0.1) is 4.87 Å². The van der Waals surface area contributed by atoms with E-state index in [1.165, 1.54) is 11.1 Å². The second kappa shape index (κ2) is 6.61. The average molecular weight is 374 g/mol. The molecule has 3 aliphatic rings. The zero-order chi connectivity index (χ0) is 18.3. The normalized spacial score (nSPS) is 26.6. The molecule has 0 aromatic heterocycles. The van der Waals surface area contributed by atoms with Gasteiger partial charge in [-0.2, -0.15) is 0 Å². The van der Waals surface area contributed by atoms with Crippen molar-refractivity contribution >= 4 is 35.2 Å². The van der Waals surface area contributed by atoms with E-state index >= 15 is 0 Å². The van der Waals surface area contributed by atoms with E-state index in [1.807, 2.05) is 25.1 Å². The highest BCUT2D eigenvalue weighted by atomic mass is 32.2. The van der Waals surface area contributed by atoms with Gasteiger partial charge in [0, 0.05) is 17.9 Å². The molecular weight excluding hydrogens is 352 g/mol. The maximum atomic E-state index is 12.4. The number of nitrogens with zero attached hydrogens (tertiary/aromatic N) is 1. The maximum Gasteiger partial charge on any atom is 0.330 e. The van der Waals surface area contributed by atoms with E-state index in [0.717, 1.165) is 31.4 Å². The summed E-state index contributed by atoms with van der Waals surface area (Å²) in [6.07, 6.45) is 4.49. The molecule has 26 heavy (non-hydrogen) atoms. The summed E-state index contributed by atoms with van der Waals surface area (Å²) in [6, 6.07) is 5.32. The van der Waals surface area contributed by atoms with Gasteiger partial charge in [0.15, 0.2) is 6.61 Å². The Kier molecular flexibility index (Phi) is 4.42. The quantitative estimate of drug-likeness (QED) is 0.817. The highest BCUT2D eigenvalue weighted by Gasteiger charge is 2.53. The monoisotopic (exact) mass is 374 g/mol. The van der Waals surface area contributed by atoms with Gasteiger partial charge in [0.2, 0.25) is 5.91 Å². The summed E-state index contributed by atoms with van der Waals surface area (Å²) in [5.74, 6) is -0.354. The summed E-state index contributed by atoms with van der Waals surface area (Å²) in [4.78, 5) is 37.9. The molecule has 0 saturated carbocycles. The number of esters is 1. The number of rotatable bonds is 4. The fourth-order valence-corrected chi connectivity index (χ4v) is 5.49. The molecule has 1 aliphatic carbocycles. The third-order valence-corrected chi connectivity index (χ3v) is 6.95. The van der Waals surface area contributed by atoms with E-state index in [1.54, 1.807) is 16.7 Å². The summed E-state index contributed by atoms with van der Waals surface area (Å²) in [5, 5.41) is 2.78. The minimum absolute atomic E-state index is 0.0120. The second-order valence-corrected chi connectivity index (χ2v) is 8.76. The van der Waals surface area contributed by atoms with Crippen molar-refractivity contribution in [1.82, 2.24) is 4.90 Å². The molecule has 7 heteroatoms. The number of hydrogen-bond donors (Lipinski definition) is 1. The Hall–Kier alpha value is -2.02. The number of amides is 2. The van der Waals surface area contributed by atoms with E-state index < -0.39 is 12.0 Å². The summed E-state index contributed by atoms with van der Waals surface area (Å²) in [5.41, 5.74) is 3.34. The molecule has 0 bridgehead atoms. The van der Waals surface area contributed by atoms with Crippen LogP contribution in [0.1, 0.15) is 37.3 Å². The Labute approximate surface area is 156 Å². The van der Waals surface area contributed by atoms with Crippen LogP contribution >= 0.6 is 11.8 Å². The highest BCUT2D eigenvalue weighted by molar-refractivity contribution is 8.01. The van der Waals surface area contributed by atoms with Crippen molar-refractivity contribution in [1.29, 1.82) is 0 Å². The first-order chi connectivity index (χ1) is 12.5. The van der Waals surface area contributed by atoms with Crippen LogP contribution in [0, 0.1) is 0 Å². The third-order valence-electron chi connectivity index (χ3n) is 5.44. The lowest BCUT2D eigenvalue weighted by Crippen LogP contribution is -2.47. The first-order valence-electron chi connectivity index (χ1n) is 9.01. The summed E-state index contributed by atoms with van der Waals surface area (Å²) < 4.78 is 5.20. The molecule has 1 aromatic carbocycles. The van der Waals surface area contributed by atoms with Crippen LogP contribution in [0.5, 0.6) is 0 Å². The van der Waals surface area contributed by atoms with Crippen LogP contribution in [0.25, 0.3) is 0 Å². The molecule has 0 unspecified atom stereocenters. The summed E-state index contributed by atoms with van der Waals surface area (Å²) >= 11 is 1.61. The Bertz CT molecular complexity index is 781. The highest BCUT2D eigenvalue weighted by Crippen LogP contribution is 2.47. The standard InChI is InChI=1S/C19H22N2O4S/c1-19-8-7-17(23)21(19)15(11-26-19)18(24)25-10-16(22)20-14-6-5-12-3-2-4-13(12)9-14/h5-6,9,15H,2-4,7-8,10-11H2,1H3,(H,20,22)/t15-,19-/m1/s1. The van der Waals surface area contributed by atoms with Gasteiger partial charge >= 0.3 is 5.97 Å². The minimum Gasteiger partial charge on any atom is -0.454 e. The van der Waals surface area contributed by atoms with E-state index in [2.05, 4.69) is 5.32 Å². The summed E-state index contributed by atoms with van der Waals surface area (Å²) in [7, 11) is 0. The van der Waals surface area contributed by atoms with Crippen molar-refractivity contribution in [2.45, 2.75) is 49.9 Å². The smallest absolute Gasteiger partial charge is 0.330 e. The Morgan fingerprint density at radius 1 is 1.31 bits per heavy atom. The van der Waals surface area contributed by atoms with E-state index in [0.29, 0.717) is 12.2 Å². The predicted octanol–water partition coefficient (Wildman–Crippen LogP) is 2.11. The molecular formula is C19H22N2O4S. The van der Waals surface area contributed by atoms with Crippen molar-refractivity contribution < 1.29 is 19.1 Å². The number of nitrogens with one attached hydrogen (secondary N) is 1. The SMILES string of the molecule is C[C@@]12CCC(=O)N1[C@@H](C(=O)OCC(=O)Nc1ccc3c(c1)CCC3)CS2. The predicted molar refractivity (Wildman–Crippen MR) is 98.8 cm³/mol. The van der Waals surface area contributed by atoms with Gasteiger partial charge in [-0.05, 0) is 55.9 Å². The van der Waals surface area contributed by atoms with Gasteiger partial charge < -0.3 is 15.0 Å². The van der Waals surface area contributed by atoms with Crippen molar-refractivity contribution in [3.05, 3.63) is 29.3 Å². The molecule has 2 aliphatic heterocycles. The largest absolute Gasteiger partial charge is 0.454 e. The van der Waals surface area contributed by atoms with E-state index in [9.17, 15) is 14.4 Å². The molecule has 2 fully saturated rings. The number of benzene rings is 1. The van der Waals surface area contributed by atoms with Crippen LogP contribution in [-0.4, -0.2) is 46.0 Å².